The van der Waals surface area contributed by atoms with E-state index < -0.39 is 18.0 Å². The zero-order chi connectivity index (χ0) is 25.2. The smallest absolute Gasteiger partial charge is 0.435 e. The number of anilines is 1. The zero-order valence-corrected chi connectivity index (χ0v) is 21.0. The molecule has 1 amide bonds. The maximum atomic E-state index is 13.4. The van der Waals surface area contributed by atoms with E-state index in [0.29, 0.717) is 9.86 Å². The molecule has 0 radical (unpaired) electrons. The highest BCUT2D eigenvalue weighted by atomic mass is 79.9. The van der Waals surface area contributed by atoms with Crippen molar-refractivity contribution in [1.82, 2.24) is 15.5 Å². The molecule has 2 heterocycles. The van der Waals surface area contributed by atoms with Gasteiger partial charge in [-0.15, -0.1) is 21.5 Å². The molecular weight excluding hydrogens is 545 g/mol. The molecular formula is C24H20BrF3N4O2S. The Balaban J connectivity index is 1.61. The van der Waals surface area contributed by atoms with Crippen molar-refractivity contribution >= 4 is 50.0 Å². The van der Waals surface area contributed by atoms with E-state index in [1.165, 1.54) is 24.5 Å². The van der Waals surface area contributed by atoms with Crippen molar-refractivity contribution in [3.8, 4) is 10.4 Å². The summed E-state index contributed by atoms with van der Waals surface area (Å²) < 4.78 is 46.1. The zero-order valence-electron chi connectivity index (χ0n) is 18.6. The molecule has 0 aliphatic carbocycles. The van der Waals surface area contributed by atoms with Crippen LogP contribution in [0, 0.1) is 0 Å². The molecule has 0 aliphatic rings. The third kappa shape index (κ3) is 5.57. The Hall–Kier alpha value is -3.18. The Kier molecular flexibility index (Phi) is 7.27. The van der Waals surface area contributed by atoms with Crippen LogP contribution in [0.2, 0.25) is 0 Å². The number of carbonyl (C=O) groups excluding carboxylic acids is 1. The van der Waals surface area contributed by atoms with Crippen LogP contribution in [-0.2, 0) is 17.5 Å². The maximum absolute atomic E-state index is 13.4. The third-order valence-electron chi connectivity index (χ3n) is 5.26. The van der Waals surface area contributed by atoms with Crippen molar-refractivity contribution < 1.29 is 22.7 Å². The number of fused-ring (bicyclic) bond motifs is 1. The molecule has 1 unspecified atom stereocenters. The fourth-order valence-electron chi connectivity index (χ4n) is 3.55. The van der Waals surface area contributed by atoms with Gasteiger partial charge in [0.1, 0.15) is 6.61 Å². The van der Waals surface area contributed by atoms with Crippen molar-refractivity contribution in [3.05, 3.63) is 75.2 Å². The van der Waals surface area contributed by atoms with E-state index in [1.54, 1.807) is 12.1 Å². The summed E-state index contributed by atoms with van der Waals surface area (Å²) in [6.45, 7) is 2.03. The molecule has 4 rings (SSSR count). The summed E-state index contributed by atoms with van der Waals surface area (Å²) in [7, 11) is 1.50. The quantitative estimate of drug-likeness (QED) is 0.259. The van der Waals surface area contributed by atoms with Gasteiger partial charge in [0.05, 0.1) is 6.04 Å². The van der Waals surface area contributed by atoms with Crippen molar-refractivity contribution in [2.75, 3.05) is 12.4 Å². The Morgan fingerprint density at radius 2 is 1.89 bits per heavy atom. The topological polar surface area (TPSA) is 76.1 Å². The van der Waals surface area contributed by atoms with Crippen LogP contribution in [0.4, 0.5) is 23.8 Å². The molecule has 1 atom stereocenters. The van der Waals surface area contributed by atoms with Gasteiger partial charge in [0.25, 0.3) is 0 Å². The lowest BCUT2D eigenvalue weighted by Crippen LogP contribution is -2.18. The highest BCUT2D eigenvalue weighted by Gasteiger charge is 2.36. The third-order valence-corrected chi connectivity index (χ3v) is 7.06. The predicted octanol–water partition coefficient (Wildman–Crippen LogP) is 7.17. The second kappa shape index (κ2) is 10.2. The molecule has 0 saturated heterocycles. The van der Waals surface area contributed by atoms with Crippen LogP contribution >= 0.6 is 27.3 Å². The molecule has 6 nitrogen and oxygen atoms in total. The van der Waals surface area contributed by atoms with Crippen LogP contribution in [0.1, 0.15) is 29.1 Å². The second-order valence-electron chi connectivity index (χ2n) is 7.64. The van der Waals surface area contributed by atoms with E-state index in [1.807, 2.05) is 43.3 Å². The minimum absolute atomic E-state index is 0.0256. The molecule has 2 N–H and O–H groups in total. The Labute approximate surface area is 211 Å². The number of hydrogen-bond donors (Lipinski definition) is 2. The molecule has 0 bridgehead atoms. The van der Waals surface area contributed by atoms with Crippen molar-refractivity contribution in [3.63, 3.8) is 0 Å². The first-order valence-corrected chi connectivity index (χ1v) is 12.1. The Morgan fingerprint density at radius 1 is 1.11 bits per heavy atom. The highest BCUT2D eigenvalue weighted by molar-refractivity contribution is 9.10. The van der Waals surface area contributed by atoms with Crippen molar-refractivity contribution in [1.29, 1.82) is 0 Å². The molecule has 0 aliphatic heterocycles. The molecule has 4 aromatic rings. The molecule has 0 spiro atoms. The number of nitrogens with one attached hydrogen (secondary N) is 2. The summed E-state index contributed by atoms with van der Waals surface area (Å²) in [5.41, 5.74) is 0.769. The van der Waals surface area contributed by atoms with Crippen LogP contribution in [-0.4, -0.2) is 23.3 Å². The molecule has 0 saturated carbocycles. The molecule has 0 fully saturated rings. The molecule has 182 valence electrons. The number of aromatic nitrogens is 2. The Bertz CT molecular complexity index is 1380. The minimum atomic E-state index is -4.61. The average Bonchev–Trinajstić information content (AvgIpc) is 3.32. The number of halogens is 4. The van der Waals surface area contributed by atoms with Gasteiger partial charge in [-0.05, 0) is 42.3 Å². The van der Waals surface area contributed by atoms with E-state index in [2.05, 4.69) is 36.8 Å². The fraction of sp³-hybridized carbons (Fsp3) is 0.208. The number of carbonyl (C=O) groups is 1. The van der Waals surface area contributed by atoms with Crippen molar-refractivity contribution in [2.45, 2.75) is 25.7 Å². The average molecular weight is 565 g/mol. The number of hydrogen-bond acceptors (Lipinski definition) is 6. The number of amides is 1. The second-order valence-corrected chi connectivity index (χ2v) is 9.67. The van der Waals surface area contributed by atoms with Gasteiger partial charge in [-0.1, -0.05) is 46.3 Å². The largest absolute Gasteiger partial charge is 0.445 e. The standard InChI is InChI=1S/C24H20BrF3N4O2S/c1-13(30-22-18-11-15(25)7-8-17(18)21(31-32-22)24(26,27)28)19-9-10-20(35-19)16-6-4-3-5-14(16)12-34-23(33)29-2/h3-11,13H,12H2,1-2H3,(H,29,33)(H,30,32). The number of nitrogens with zero attached hydrogens (tertiary/aromatic N) is 2. The predicted molar refractivity (Wildman–Crippen MR) is 133 cm³/mol. The van der Waals surface area contributed by atoms with Crippen molar-refractivity contribution in [2.24, 2.45) is 0 Å². The van der Waals surface area contributed by atoms with Gasteiger partial charge < -0.3 is 15.4 Å². The van der Waals surface area contributed by atoms with Gasteiger partial charge in [0.15, 0.2) is 11.5 Å². The first-order valence-electron chi connectivity index (χ1n) is 10.5. The van der Waals surface area contributed by atoms with E-state index in [-0.39, 0.29) is 23.9 Å². The van der Waals surface area contributed by atoms with Crippen LogP contribution in [0.3, 0.4) is 0 Å². The molecule has 35 heavy (non-hydrogen) atoms. The van der Waals surface area contributed by atoms with Gasteiger partial charge in [-0.25, -0.2) is 4.79 Å². The van der Waals surface area contributed by atoms with Crippen LogP contribution in [0.15, 0.2) is 59.1 Å². The summed E-state index contributed by atoms with van der Waals surface area (Å²) in [5, 5.41) is 13.2. The minimum Gasteiger partial charge on any atom is -0.445 e. The summed E-state index contributed by atoms with van der Waals surface area (Å²) in [5.74, 6) is 0.260. The maximum Gasteiger partial charge on any atom is 0.435 e. The normalized spacial score (nSPS) is 12.4. The molecule has 2 aromatic heterocycles. The summed E-state index contributed by atoms with van der Waals surface area (Å²) >= 11 is 4.85. The van der Waals surface area contributed by atoms with Crippen LogP contribution in [0.5, 0.6) is 0 Å². The number of ether oxygens (including phenoxy) is 1. The highest BCUT2D eigenvalue weighted by Crippen LogP contribution is 2.38. The van der Waals surface area contributed by atoms with Gasteiger partial charge in [-0.3, -0.25) is 0 Å². The number of thiophene rings is 1. The van der Waals surface area contributed by atoms with Gasteiger partial charge in [0.2, 0.25) is 0 Å². The Morgan fingerprint density at radius 3 is 2.63 bits per heavy atom. The SMILES string of the molecule is CNC(=O)OCc1ccccc1-c1ccc(C(C)Nc2nnc(C(F)(F)F)c3ccc(Br)cc23)s1. The van der Waals surface area contributed by atoms with Crippen LogP contribution < -0.4 is 10.6 Å². The summed E-state index contributed by atoms with van der Waals surface area (Å²) in [6, 6.07) is 15.8. The summed E-state index contributed by atoms with van der Waals surface area (Å²) in [6.07, 6.45) is -5.12. The lowest BCUT2D eigenvalue weighted by atomic mass is 10.1. The number of alkyl halides is 3. The molecule has 11 heteroatoms. The van der Waals surface area contributed by atoms with Crippen LogP contribution in [0.25, 0.3) is 21.2 Å². The van der Waals surface area contributed by atoms with E-state index in [4.69, 9.17) is 4.74 Å². The van der Waals surface area contributed by atoms with Gasteiger partial charge >= 0.3 is 12.3 Å². The monoisotopic (exact) mass is 564 g/mol. The van der Waals surface area contributed by atoms with E-state index >= 15 is 0 Å². The fourth-order valence-corrected chi connectivity index (χ4v) is 4.98. The lowest BCUT2D eigenvalue weighted by molar-refractivity contribution is -0.140. The van der Waals surface area contributed by atoms with E-state index in [9.17, 15) is 18.0 Å². The first-order chi connectivity index (χ1) is 16.7. The van der Waals surface area contributed by atoms with Gasteiger partial charge in [-0.2, -0.15) is 13.2 Å². The van der Waals surface area contributed by atoms with E-state index in [0.717, 1.165) is 20.9 Å². The summed E-state index contributed by atoms with van der Waals surface area (Å²) in [4.78, 5) is 13.4. The number of rotatable bonds is 6. The van der Waals surface area contributed by atoms with Gasteiger partial charge in [0, 0.05) is 32.0 Å². The number of alkyl carbamates (subject to hydrolysis) is 1. The number of benzene rings is 2. The first kappa shape index (κ1) is 24.9. The molecule has 2 aromatic carbocycles. The lowest BCUT2D eigenvalue weighted by Gasteiger charge is -2.16.